The Balaban J connectivity index is 1.86. The summed E-state index contributed by atoms with van der Waals surface area (Å²) in [6.07, 6.45) is 5.83. The summed E-state index contributed by atoms with van der Waals surface area (Å²) in [4.78, 5) is 11.8. The van der Waals surface area contributed by atoms with E-state index in [0.29, 0.717) is 12.5 Å². The van der Waals surface area contributed by atoms with E-state index >= 15 is 0 Å². The lowest BCUT2D eigenvalue weighted by molar-refractivity contribution is -0.116. The Labute approximate surface area is 119 Å². The van der Waals surface area contributed by atoms with Gasteiger partial charge in [-0.2, -0.15) is 5.10 Å². The van der Waals surface area contributed by atoms with Crippen LogP contribution in [-0.2, 0) is 11.8 Å². The summed E-state index contributed by atoms with van der Waals surface area (Å²) < 4.78 is 1.81. The first-order valence-electron chi connectivity index (χ1n) is 7.11. The SMILES string of the molecule is Cc1nn(C)c(C)c1/C=C/C(=O)NCC1CCC(O)C1. The molecular weight excluding hydrogens is 254 g/mol. The predicted octanol–water partition coefficient (Wildman–Crippen LogP) is 1.33. The highest BCUT2D eigenvalue weighted by Crippen LogP contribution is 2.24. The zero-order valence-electron chi connectivity index (χ0n) is 12.4. The van der Waals surface area contributed by atoms with Crippen molar-refractivity contribution in [3.8, 4) is 0 Å². The van der Waals surface area contributed by atoms with Crippen LogP contribution in [0.3, 0.4) is 0 Å². The minimum absolute atomic E-state index is 0.0888. The van der Waals surface area contributed by atoms with Crippen LogP contribution >= 0.6 is 0 Å². The van der Waals surface area contributed by atoms with Crippen LogP contribution in [0, 0.1) is 19.8 Å². The number of carbonyl (C=O) groups is 1. The number of aliphatic hydroxyl groups excluding tert-OH is 1. The second kappa shape index (κ2) is 6.22. The topological polar surface area (TPSA) is 67.2 Å². The van der Waals surface area contributed by atoms with Crippen molar-refractivity contribution in [2.75, 3.05) is 6.54 Å². The lowest BCUT2D eigenvalue weighted by Crippen LogP contribution is -2.26. The van der Waals surface area contributed by atoms with Gasteiger partial charge in [-0.05, 0) is 45.1 Å². The maximum Gasteiger partial charge on any atom is 0.244 e. The molecule has 5 nitrogen and oxygen atoms in total. The summed E-state index contributed by atoms with van der Waals surface area (Å²) in [7, 11) is 1.89. The largest absolute Gasteiger partial charge is 0.393 e. The molecule has 1 saturated carbocycles. The molecule has 0 spiro atoms. The van der Waals surface area contributed by atoms with E-state index in [9.17, 15) is 9.90 Å². The maximum absolute atomic E-state index is 11.8. The first-order chi connectivity index (χ1) is 9.47. The van der Waals surface area contributed by atoms with E-state index in [-0.39, 0.29) is 12.0 Å². The van der Waals surface area contributed by atoms with Gasteiger partial charge in [-0.1, -0.05) is 0 Å². The van der Waals surface area contributed by atoms with Crippen molar-refractivity contribution in [2.24, 2.45) is 13.0 Å². The highest BCUT2D eigenvalue weighted by Gasteiger charge is 2.22. The average Bonchev–Trinajstić information content (AvgIpc) is 2.91. The zero-order valence-corrected chi connectivity index (χ0v) is 12.4. The average molecular weight is 277 g/mol. The summed E-state index contributed by atoms with van der Waals surface area (Å²) in [6, 6.07) is 0. The molecule has 0 radical (unpaired) electrons. The second-order valence-electron chi connectivity index (χ2n) is 5.62. The number of aromatic nitrogens is 2. The van der Waals surface area contributed by atoms with Gasteiger partial charge in [0, 0.05) is 30.9 Å². The Kier molecular flexibility index (Phi) is 4.60. The van der Waals surface area contributed by atoms with Gasteiger partial charge in [-0.3, -0.25) is 9.48 Å². The molecule has 2 atom stereocenters. The summed E-state index contributed by atoms with van der Waals surface area (Å²) in [5.41, 5.74) is 2.97. The molecule has 1 aromatic rings. The molecule has 2 rings (SSSR count). The standard InChI is InChI=1S/C15H23N3O2/c1-10-14(11(2)18(3)17-10)6-7-15(20)16-9-12-4-5-13(19)8-12/h6-7,12-13,19H,4-5,8-9H2,1-3H3,(H,16,20)/b7-6+. The molecule has 2 N–H and O–H groups in total. The van der Waals surface area contributed by atoms with E-state index < -0.39 is 0 Å². The van der Waals surface area contributed by atoms with Crippen LogP contribution in [0.2, 0.25) is 0 Å². The number of carbonyl (C=O) groups excluding carboxylic acids is 1. The molecule has 1 aromatic heterocycles. The first-order valence-corrected chi connectivity index (χ1v) is 7.11. The van der Waals surface area contributed by atoms with Crippen LogP contribution in [0.5, 0.6) is 0 Å². The van der Waals surface area contributed by atoms with Gasteiger partial charge in [0.15, 0.2) is 0 Å². The number of hydrogen-bond acceptors (Lipinski definition) is 3. The Morgan fingerprint density at radius 2 is 2.25 bits per heavy atom. The number of nitrogens with one attached hydrogen (secondary N) is 1. The predicted molar refractivity (Wildman–Crippen MR) is 78.1 cm³/mol. The van der Waals surface area contributed by atoms with Crippen molar-refractivity contribution in [1.29, 1.82) is 0 Å². The van der Waals surface area contributed by atoms with E-state index in [1.807, 2.05) is 31.7 Å². The molecule has 5 heteroatoms. The van der Waals surface area contributed by atoms with Crippen molar-refractivity contribution < 1.29 is 9.90 Å². The van der Waals surface area contributed by atoms with Gasteiger partial charge in [0.05, 0.1) is 11.8 Å². The van der Waals surface area contributed by atoms with Crippen molar-refractivity contribution in [2.45, 2.75) is 39.2 Å². The summed E-state index contributed by atoms with van der Waals surface area (Å²) in [5, 5.41) is 16.7. The van der Waals surface area contributed by atoms with Gasteiger partial charge in [-0.15, -0.1) is 0 Å². The van der Waals surface area contributed by atoms with Gasteiger partial charge in [0.1, 0.15) is 0 Å². The minimum Gasteiger partial charge on any atom is -0.393 e. The number of hydrogen-bond donors (Lipinski definition) is 2. The third kappa shape index (κ3) is 3.48. The van der Waals surface area contributed by atoms with Crippen molar-refractivity contribution in [3.63, 3.8) is 0 Å². The van der Waals surface area contributed by atoms with Gasteiger partial charge >= 0.3 is 0 Å². The van der Waals surface area contributed by atoms with Crippen molar-refractivity contribution in [1.82, 2.24) is 15.1 Å². The molecule has 1 aliphatic rings. The zero-order chi connectivity index (χ0) is 14.7. The Morgan fingerprint density at radius 3 is 2.80 bits per heavy atom. The number of amides is 1. The smallest absolute Gasteiger partial charge is 0.244 e. The van der Waals surface area contributed by atoms with Gasteiger partial charge in [0.25, 0.3) is 0 Å². The Hall–Kier alpha value is -1.62. The van der Waals surface area contributed by atoms with Gasteiger partial charge < -0.3 is 10.4 Å². The monoisotopic (exact) mass is 277 g/mol. The minimum atomic E-state index is -0.187. The molecule has 0 saturated heterocycles. The highest BCUT2D eigenvalue weighted by molar-refractivity contribution is 5.91. The van der Waals surface area contributed by atoms with E-state index in [1.54, 1.807) is 6.08 Å². The lowest BCUT2D eigenvalue weighted by Gasteiger charge is -2.09. The van der Waals surface area contributed by atoms with E-state index in [1.165, 1.54) is 0 Å². The number of nitrogens with zero attached hydrogens (tertiary/aromatic N) is 2. The molecule has 0 aliphatic heterocycles. The number of rotatable bonds is 4. The van der Waals surface area contributed by atoms with Crippen LogP contribution in [-0.4, -0.2) is 33.4 Å². The molecule has 0 bridgehead atoms. The Bertz CT molecular complexity index is 519. The third-order valence-electron chi connectivity index (χ3n) is 4.04. The second-order valence-corrected chi connectivity index (χ2v) is 5.62. The van der Waals surface area contributed by atoms with Gasteiger partial charge in [0.2, 0.25) is 5.91 Å². The summed E-state index contributed by atoms with van der Waals surface area (Å²) >= 11 is 0. The van der Waals surface area contributed by atoms with Gasteiger partial charge in [-0.25, -0.2) is 0 Å². The fourth-order valence-electron chi connectivity index (χ4n) is 2.73. The fraction of sp³-hybridized carbons (Fsp3) is 0.600. The molecule has 110 valence electrons. The fourth-order valence-corrected chi connectivity index (χ4v) is 2.73. The Morgan fingerprint density at radius 1 is 1.50 bits per heavy atom. The summed E-state index contributed by atoms with van der Waals surface area (Å²) in [5.74, 6) is 0.318. The van der Waals surface area contributed by atoms with E-state index in [2.05, 4.69) is 10.4 Å². The molecule has 0 aromatic carbocycles. The normalized spacial score (nSPS) is 22.6. The maximum atomic E-state index is 11.8. The van der Waals surface area contributed by atoms with Crippen molar-refractivity contribution >= 4 is 12.0 Å². The van der Waals surface area contributed by atoms with Crippen LogP contribution in [0.25, 0.3) is 6.08 Å². The van der Waals surface area contributed by atoms with Crippen LogP contribution in [0.1, 0.15) is 36.2 Å². The molecule has 2 unspecified atom stereocenters. The van der Waals surface area contributed by atoms with Crippen molar-refractivity contribution in [3.05, 3.63) is 23.0 Å². The molecule has 1 fully saturated rings. The van der Waals surface area contributed by atoms with E-state index in [0.717, 1.165) is 36.2 Å². The van der Waals surface area contributed by atoms with Crippen LogP contribution in [0.15, 0.2) is 6.08 Å². The number of aryl methyl sites for hydroxylation is 2. The lowest BCUT2D eigenvalue weighted by atomic mass is 10.1. The first kappa shape index (κ1) is 14.8. The van der Waals surface area contributed by atoms with Crippen LogP contribution < -0.4 is 5.32 Å². The third-order valence-corrected chi connectivity index (χ3v) is 4.04. The molecule has 1 heterocycles. The molecule has 1 aliphatic carbocycles. The molecule has 20 heavy (non-hydrogen) atoms. The molecule has 1 amide bonds. The molecular formula is C15H23N3O2. The van der Waals surface area contributed by atoms with Crippen LogP contribution in [0.4, 0.5) is 0 Å². The summed E-state index contributed by atoms with van der Waals surface area (Å²) in [6.45, 7) is 4.56. The number of aliphatic hydroxyl groups is 1. The quantitative estimate of drug-likeness (QED) is 0.816. The highest BCUT2D eigenvalue weighted by atomic mass is 16.3. The van der Waals surface area contributed by atoms with E-state index in [4.69, 9.17) is 0 Å².